The van der Waals surface area contributed by atoms with Crippen LogP contribution in [-0.4, -0.2) is 53.0 Å². The molecule has 1 unspecified atom stereocenters. The number of amides is 1. The van der Waals surface area contributed by atoms with Gasteiger partial charge < -0.3 is 15.4 Å². The Bertz CT molecular complexity index is 950. The lowest BCUT2D eigenvalue weighted by Crippen LogP contribution is -2.51. The molecule has 0 aliphatic rings. The van der Waals surface area contributed by atoms with Gasteiger partial charge >= 0.3 is 5.97 Å². The molecule has 3 N–H and O–H groups in total. The Morgan fingerprint density at radius 3 is 2.39 bits per heavy atom. The van der Waals surface area contributed by atoms with E-state index < -0.39 is 18.1 Å². The molecule has 146 valence electrons. The third-order valence-corrected chi connectivity index (χ3v) is 4.91. The van der Waals surface area contributed by atoms with Crippen LogP contribution in [0.25, 0.3) is 10.9 Å². The molecule has 6 nitrogen and oxygen atoms in total. The molecule has 1 heterocycles. The summed E-state index contributed by atoms with van der Waals surface area (Å²) in [5.74, 6) is -1.34. The predicted molar refractivity (Wildman–Crippen MR) is 109 cm³/mol. The summed E-state index contributed by atoms with van der Waals surface area (Å²) in [6.07, 6.45) is 2.54. The summed E-state index contributed by atoms with van der Waals surface area (Å²) >= 11 is 0. The smallest absolute Gasteiger partial charge is 0.326 e. The van der Waals surface area contributed by atoms with Crippen molar-refractivity contribution in [1.29, 1.82) is 0 Å². The maximum absolute atomic E-state index is 12.9. The fourth-order valence-corrected chi connectivity index (χ4v) is 3.34. The monoisotopic (exact) mass is 379 g/mol. The van der Waals surface area contributed by atoms with Gasteiger partial charge in [0.05, 0.1) is 6.04 Å². The first kappa shape index (κ1) is 19.6. The van der Waals surface area contributed by atoms with Crippen molar-refractivity contribution in [1.82, 2.24) is 15.2 Å². The van der Waals surface area contributed by atoms with Crippen molar-refractivity contribution in [2.24, 2.45) is 0 Å². The van der Waals surface area contributed by atoms with Crippen molar-refractivity contribution < 1.29 is 14.7 Å². The number of aromatic nitrogens is 1. The number of benzene rings is 2. The quantitative estimate of drug-likeness (QED) is 0.561. The molecule has 0 fully saturated rings. The highest BCUT2D eigenvalue weighted by Gasteiger charge is 2.27. The van der Waals surface area contributed by atoms with Crippen LogP contribution in [-0.2, 0) is 22.4 Å². The highest BCUT2D eigenvalue weighted by Crippen LogP contribution is 2.19. The van der Waals surface area contributed by atoms with Crippen LogP contribution in [0.15, 0.2) is 60.8 Å². The number of para-hydroxylation sites is 1. The minimum Gasteiger partial charge on any atom is -0.480 e. The van der Waals surface area contributed by atoms with E-state index in [2.05, 4.69) is 10.3 Å². The SMILES string of the molecule is CN(C)C(Cc1ccccc1)C(=O)N[C@@H](Cc1c[nH]c2ccccc12)C(=O)O. The van der Waals surface area contributed by atoms with E-state index in [-0.39, 0.29) is 12.3 Å². The van der Waals surface area contributed by atoms with Gasteiger partial charge in [-0.1, -0.05) is 48.5 Å². The molecule has 0 radical (unpaired) electrons. The van der Waals surface area contributed by atoms with E-state index in [1.807, 2.05) is 73.6 Å². The van der Waals surface area contributed by atoms with E-state index in [0.717, 1.165) is 22.0 Å². The summed E-state index contributed by atoms with van der Waals surface area (Å²) in [7, 11) is 3.64. The van der Waals surface area contributed by atoms with E-state index in [1.165, 1.54) is 0 Å². The number of hydrogen-bond acceptors (Lipinski definition) is 3. The van der Waals surface area contributed by atoms with Crippen molar-refractivity contribution in [3.63, 3.8) is 0 Å². The van der Waals surface area contributed by atoms with Gasteiger partial charge in [0.25, 0.3) is 0 Å². The van der Waals surface area contributed by atoms with Crippen LogP contribution in [0, 0.1) is 0 Å². The highest BCUT2D eigenvalue weighted by atomic mass is 16.4. The van der Waals surface area contributed by atoms with E-state index in [0.29, 0.717) is 6.42 Å². The number of fused-ring (bicyclic) bond motifs is 1. The van der Waals surface area contributed by atoms with Gasteiger partial charge in [-0.05, 0) is 37.7 Å². The van der Waals surface area contributed by atoms with Crippen LogP contribution in [0.2, 0.25) is 0 Å². The van der Waals surface area contributed by atoms with Crippen molar-refractivity contribution >= 4 is 22.8 Å². The fraction of sp³-hybridized carbons (Fsp3) is 0.273. The van der Waals surface area contributed by atoms with E-state index >= 15 is 0 Å². The number of nitrogens with zero attached hydrogens (tertiary/aromatic N) is 1. The van der Waals surface area contributed by atoms with Gasteiger partial charge in [-0.2, -0.15) is 0 Å². The number of aromatic amines is 1. The second kappa shape index (κ2) is 8.71. The summed E-state index contributed by atoms with van der Waals surface area (Å²) in [5, 5.41) is 13.4. The number of rotatable bonds is 8. The molecule has 3 aromatic rings. The predicted octanol–water partition coefficient (Wildman–Crippen LogP) is 2.45. The first-order valence-corrected chi connectivity index (χ1v) is 9.24. The minimum absolute atomic E-state index is 0.219. The largest absolute Gasteiger partial charge is 0.480 e. The normalized spacial score (nSPS) is 13.4. The average Bonchev–Trinajstić information content (AvgIpc) is 3.09. The molecule has 1 aromatic heterocycles. The van der Waals surface area contributed by atoms with Gasteiger partial charge in [-0.15, -0.1) is 0 Å². The van der Waals surface area contributed by atoms with Gasteiger partial charge in [-0.3, -0.25) is 9.69 Å². The molecule has 0 saturated carbocycles. The number of nitrogens with one attached hydrogen (secondary N) is 2. The summed E-state index contributed by atoms with van der Waals surface area (Å²) in [6.45, 7) is 0. The fourth-order valence-electron chi connectivity index (χ4n) is 3.34. The number of carboxylic acids is 1. The highest BCUT2D eigenvalue weighted by molar-refractivity contribution is 5.88. The Morgan fingerprint density at radius 2 is 1.71 bits per heavy atom. The maximum atomic E-state index is 12.9. The van der Waals surface area contributed by atoms with Crippen molar-refractivity contribution in [3.05, 3.63) is 71.9 Å². The van der Waals surface area contributed by atoms with Gasteiger partial charge in [0.1, 0.15) is 6.04 Å². The Hall–Kier alpha value is -3.12. The molecule has 0 bridgehead atoms. The second-order valence-electron chi connectivity index (χ2n) is 7.13. The zero-order valence-corrected chi connectivity index (χ0v) is 16.1. The summed E-state index contributed by atoms with van der Waals surface area (Å²) in [6, 6.07) is 16.0. The third-order valence-electron chi connectivity index (χ3n) is 4.91. The number of H-pyrrole nitrogens is 1. The lowest BCUT2D eigenvalue weighted by Gasteiger charge is -2.25. The third kappa shape index (κ3) is 4.58. The average molecular weight is 379 g/mol. The minimum atomic E-state index is -1.05. The number of hydrogen-bond donors (Lipinski definition) is 3. The zero-order valence-electron chi connectivity index (χ0n) is 16.1. The number of carbonyl (C=O) groups excluding carboxylic acids is 1. The van der Waals surface area contributed by atoms with E-state index in [9.17, 15) is 14.7 Å². The molecule has 0 saturated heterocycles. The molecule has 2 aromatic carbocycles. The van der Waals surface area contributed by atoms with Crippen LogP contribution in [0.1, 0.15) is 11.1 Å². The number of aliphatic carboxylic acids is 1. The summed E-state index contributed by atoms with van der Waals surface area (Å²) in [5.41, 5.74) is 2.84. The Kier molecular flexibility index (Phi) is 6.11. The van der Waals surface area contributed by atoms with E-state index in [1.54, 1.807) is 6.20 Å². The molecule has 28 heavy (non-hydrogen) atoms. The van der Waals surface area contributed by atoms with Crippen LogP contribution >= 0.6 is 0 Å². The second-order valence-corrected chi connectivity index (χ2v) is 7.13. The Morgan fingerprint density at radius 1 is 1.04 bits per heavy atom. The molecule has 0 aliphatic heterocycles. The molecule has 2 atom stereocenters. The molecule has 6 heteroatoms. The van der Waals surface area contributed by atoms with Crippen LogP contribution in [0.4, 0.5) is 0 Å². The van der Waals surface area contributed by atoms with Gasteiger partial charge in [0, 0.05) is 23.5 Å². The number of likely N-dealkylation sites (N-methyl/N-ethyl adjacent to an activating group) is 1. The molecule has 0 aliphatic carbocycles. The molecule has 1 amide bonds. The van der Waals surface area contributed by atoms with Gasteiger partial charge in [-0.25, -0.2) is 4.79 Å². The van der Waals surface area contributed by atoms with Crippen LogP contribution in [0.5, 0.6) is 0 Å². The molecule has 0 spiro atoms. The Labute approximate surface area is 164 Å². The molecular formula is C22H25N3O3. The lowest BCUT2D eigenvalue weighted by atomic mass is 10.0. The van der Waals surface area contributed by atoms with Gasteiger partial charge in [0.15, 0.2) is 0 Å². The lowest BCUT2D eigenvalue weighted by molar-refractivity contribution is -0.142. The summed E-state index contributed by atoms with van der Waals surface area (Å²) in [4.78, 5) is 29.6. The maximum Gasteiger partial charge on any atom is 0.326 e. The topological polar surface area (TPSA) is 85.4 Å². The Balaban J connectivity index is 1.75. The first-order chi connectivity index (χ1) is 13.5. The number of carbonyl (C=O) groups is 2. The van der Waals surface area contributed by atoms with Crippen LogP contribution in [0.3, 0.4) is 0 Å². The van der Waals surface area contributed by atoms with Crippen LogP contribution < -0.4 is 5.32 Å². The standard InChI is InChI=1S/C22H25N3O3/c1-25(2)20(12-15-8-4-3-5-9-15)21(26)24-19(22(27)28)13-16-14-23-18-11-7-6-10-17(16)18/h3-11,14,19-20,23H,12-13H2,1-2H3,(H,24,26)(H,27,28)/t19-,20?/m0/s1. The molecular weight excluding hydrogens is 354 g/mol. The first-order valence-electron chi connectivity index (χ1n) is 9.24. The van der Waals surface area contributed by atoms with Crippen molar-refractivity contribution in [3.8, 4) is 0 Å². The number of carboxylic acid groups (broad SMARTS) is 1. The summed E-state index contributed by atoms with van der Waals surface area (Å²) < 4.78 is 0. The molecule has 3 rings (SSSR count). The zero-order chi connectivity index (χ0) is 20.1. The van der Waals surface area contributed by atoms with Gasteiger partial charge in [0.2, 0.25) is 5.91 Å². The van der Waals surface area contributed by atoms with E-state index in [4.69, 9.17) is 0 Å². The van der Waals surface area contributed by atoms with Crippen molar-refractivity contribution in [2.75, 3.05) is 14.1 Å². The van der Waals surface area contributed by atoms with Crippen molar-refractivity contribution in [2.45, 2.75) is 24.9 Å².